The van der Waals surface area contributed by atoms with Gasteiger partial charge in [0.2, 0.25) is 5.91 Å². The van der Waals surface area contributed by atoms with Gasteiger partial charge in [-0.05, 0) is 49.6 Å². The Kier molecular flexibility index (Phi) is 8.53. The van der Waals surface area contributed by atoms with Crippen LogP contribution >= 0.6 is 0 Å². The normalized spacial score (nSPS) is 11.3. The van der Waals surface area contributed by atoms with Gasteiger partial charge in [0.25, 0.3) is 0 Å². The highest BCUT2D eigenvalue weighted by atomic mass is 16.5. The number of aromatic nitrogens is 2. The van der Waals surface area contributed by atoms with E-state index in [1.54, 1.807) is 11.8 Å². The van der Waals surface area contributed by atoms with Crippen molar-refractivity contribution in [2.45, 2.75) is 47.0 Å². The van der Waals surface area contributed by atoms with Gasteiger partial charge in [0.15, 0.2) is 0 Å². The van der Waals surface area contributed by atoms with Crippen molar-refractivity contribution in [3.05, 3.63) is 70.9 Å². The molecule has 0 fully saturated rings. The minimum atomic E-state index is -0.359. The Labute approximate surface area is 213 Å². The van der Waals surface area contributed by atoms with E-state index >= 15 is 0 Å². The van der Waals surface area contributed by atoms with Crippen LogP contribution in [-0.4, -0.2) is 53.4 Å². The molecule has 3 rings (SSSR count). The summed E-state index contributed by atoms with van der Waals surface area (Å²) in [6.07, 6.45) is 0. The quantitative estimate of drug-likeness (QED) is 0.453. The van der Waals surface area contributed by atoms with Gasteiger partial charge < -0.3 is 20.3 Å². The molecule has 0 unspecified atom stereocenters. The number of rotatable bonds is 8. The number of ether oxygens (including phenoxy) is 1. The van der Waals surface area contributed by atoms with Crippen molar-refractivity contribution in [2.24, 2.45) is 0 Å². The maximum atomic E-state index is 13.2. The van der Waals surface area contributed by atoms with Gasteiger partial charge in [-0.1, -0.05) is 51.1 Å². The van der Waals surface area contributed by atoms with Gasteiger partial charge in [-0.3, -0.25) is 4.79 Å². The van der Waals surface area contributed by atoms with E-state index in [0.29, 0.717) is 12.4 Å². The first-order valence-corrected chi connectivity index (χ1v) is 12.1. The Balaban J connectivity index is 1.83. The second kappa shape index (κ2) is 11.4. The third kappa shape index (κ3) is 6.73. The molecule has 0 radical (unpaired) electrons. The molecule has 0 aliphatic carbocycles. The first kappa shape index (κ1) is 26.9. The fourth-order valence-corrected chi connectivity index (χ4v) is 3.80. The summed E-state index contributed by atoms with van der Waals surface area (Å²) in [5.41, 5.74) is 5.24. The lowest BCUT2D eigenvalue weighted by atomic mass is 9.92. The monoisotopic (exact) mass is 491 g/mol. The number of carbonyl (C=O) groups is 2. The number of hydrogen-bond acceptors (Lipinski definition) is 4. The number of aryl methyl sites for hydroxylation is 3. The van der Waals surface area contributed by atoms with E-state index in [-0.39, 0.29) is 30.4 Å². The molecule has 2 aromatic carbocycles. The third-order valence-electron chi connectivity index (χ3n) is 5.89. The van der Waals surface area contributed by atoms with Crippen LogP contribution < -0.4 is 10.6 Å². The zero-order chi connectivity index (χ0) is 26.5. The van der Waals surface area contributed by atoms with Crippen molar-refractivity contribution in [1.29, 1.82) is 0 Å². The van der Waals surface area contributed by atoms with E-state index in [1.165, 1.54) is 4.90 Å². The number of nitrogens with zero attached hydrogens (tertiary/aromatic N) is 3. The molecule has 0 bridgehead atoms. The molecule has 0 atom stereocenters. The molecule has 8 heteroatoms. The van der Waals surface area contributed by atoms with E-state index in [0.717, 1.165) is 33.8 Å². The summed E-state index contributed by atoms with van der Waals surface area (Å²) in [5.74, 6) is 0.231. The van der Waals surface area contributed by atoms with Gasteiger partial charge in [-0.25, -0.2) is 9.48 Å². The molecule has 3 aromatic rings. The third-order valence-corrected chi connectivity index (χ3v) is 5.89. The summed E-state index contributed by atoms with van der Waals surface area (Å²) < 4.78 is 6.92. The number of amides is 3. The van der Waals surface area contributed by atoms with Crippen LogP contribution in [0.3, 0.4) is 0 Å². The fourth-order valence-electron chi connectivity index (χ4n) is 3.80. The average molecular weight is 492 g/mol. The molecule has 0 saturated carbocycles. The first-order valence-electron chi connectivity index (χ1n) is 12.1. The number of anilines is 2. The fraction of sp³-hybridized carbons (Fsp3) is 0.393. The van der Waals surface area contributed by atoms with Crippen LogP contribution in [0, 0.1) is 20.8 Å². The molecule has 0 saturated heterocycles. The first-order chi connectivity index (χ1) is 17.0. The highest BCUT2D eigenvalue weighted by Crippen LogP contribution is 2.27. The molecule has 8 nitrogen and oxygen atoms in total. The largest absolute Gasteiger partial charge is 0.383 e. The Morgan fingerprint density at radius 1 is 1.00 bits per heavy atom. The zero-order valence-electron chi connectivity index (χ0n) is 22.3. The van der Waals surface area contributed by atoms with Crippen LogP contribution in [0.2, 0.25) is 0 Å². The number of benzene rings is 2. The average Bonchev–Trinajstić information content (AvgIpc) is 3.23. The maximum absolute atomic E-state index is 13.2. The van der Waals surface area contributed by atoms with Gasteiger partial charge in [0, 0.05) is 30.8 Å². The van der Waals surface area contributed by atoms with Crippen LogP contribution in [0.4, 0.5) is 16.3 Å². The predicted octanol–water partition coefficient (Wildman–Crippen LogP) is 5.21. The molecule has 36 heavy (non-hydrogen) atoms. The highest BCUT2D eigenvalue weighted by Gasteiger charge is 2.23. The van der Waals surface area contributed by atoms with E-state index in [9.17, 15) is 9.59 Å². The van der Waals surface area contributed by atoms with Crippen LogP contribution in [0.1, 0.15) is 43.2 Å². The van der Waals surface area contributed by atoms with Crippen molar-refractivity contribution in [3.63, 3.8) is 0 Å². The Hall–Kier alpha value is -3.65. The molecule has 3 amide bonds. The summed E-state index contributed by atoms with van der Waals surface area (Å²) in [5, 5.41) is 10.7. The lowest BCUT2D eigenvalue weighted by Gasteiger charge is -2.23. The van der Waals surface area contributed by atoms with Crippen molar-refractivity contribution < 1.29 is 14.3 Å². The summed E-state index contributed by atoms with van der Waals surface area (Å²) in [4.78, 5) is 27.8. The van der Waals surface area contributed by atoms with Gasteiger partial charge in [0.1, 0.15) is 12.4 Å². The molecule has 1 aromatic heterocycles. The standard InChI is InChI=1S/C28H37N5O3/c1-19-10-8-13-22(16-19)33-24(17-23(31-33)28(4,5)6)29-25(34)18-32(14-15-36-7)27(35)30-26-20(2)11-9-12-21(26)3/h8-13,16-17H,14-15,18H2,1-7H3,(H,29,34)(H,30,35). The number of urea groups is 1. The summed E-state index contributed by atoms with van der Waals surface area (Å²) >= 11 is 0. The topological polar surface area (TPSA) is 88.5 Å². The minimum Gasteiger partial charge on any atom is -0.383 e. The molecule has 1 heterocycles. The highest BCUT2D eigenvalue weighted by molar-refractivity contribution is 5.97. The van der Waals surface area contributed by atoms with Gasteiger partial charge in [-0.2, -0.15) is 5.10 Å². The maximum Gasteiger partial charge on any atom is 0.322 e. The Morgan fingerprint density at radius 2 is 1.67 bits per heavy atom. The smallest absolute Gasteiger partial charge is 0.322 e. The second-order valence-electron chi connectivity index (χ2n) is 10.1. The van der Waals surface area contributed by atoms with Gasteiger partial charge in [0.05, 0.1) is 18.0 Å². The summed E-state index contributed by atoms with van der Waals surface area (Å²) in [6.45, 7) is 12.6. The number of hydrogen-bond donors (Lipinski definition) is 2. The van der Waals surface area contributed by atoms with Crippen molar-refractivity contribution in [1.82, 2.24) is 14.7 Å². The summed E-state index contributed by atoms with van der Waals surface area (Å²) in [6, 6.07) is 15.3. The van der Waals surface area contributed by atoms with Gasteiger partial charge >= 0.3 is 6.03 Å². The van der Waals surface area contributed by atoms with Crippen molar-refractivity contribution >= 4 is 23.4 Å². The van der Waals surface area contributed by atoms with Crippen LogP contribution in [-0.2, 0) is 14.9 Å². The molecule has 192 valence electrons. The van der Waals surface area contributed by atoms with Crippen LogP contribution in [0.15, 0.2) is 48.5 Å². The van der Waals surface area contributed by atoms with Crippen molar-refractivity contribution in [2.75, 3.05) is 37.4 Å². The minimum absolute atomic E-state index is 0.135. The number of carbonyl (C=O) groups excluding carboxylic acids is 2. The number of para-hydroxylation sites is 1. The molecule has 0 aliphatic heterocycles. The van der Waals surface area contributed by atoms with Gasteiger partial charge in [-0.15, -0.1) is 0 Å². The molecule has 0 spiro atoms. The summed E-state index contributed by atoms with van der Waals surface area (Å²) in [7, 11) is 1.57. The van der Waals surface area contributed by atoms with E-state index in [4.69, 9.17) is 9.84 Å². The predicted molar refractivity (Wildman–Crippen MR) is 144 cm³/mol. The van der Waals surface area contributed by atoms with E-state index in [2.05, 4.69) is 31.4 Å². The number of methoxy groups -OCH3 is 1. The number of nitrogens with one attached hydrogen (secondary N) is 2. The molecular formula is C28H37N5O3. The van der Waals surface area contributed by atoms with Crippen molar-refractivity contribution in [3.8, 4) is 5.69 Å². The van der Waals surface area contributed by atoms with Crippen LogP contribution in [0.5, 0.6) is 0 Å². The molecular weight excluding hydrogens is 454 g/mol. The van der Waals surface area contributed by atoms with Crippen LogP contribution in [0.25, 0.3) is 5.69 Å². The lowest BCUT2D eigenvalue weighted by Crippen LogP contribution is -2.42. The zero-order valence-corrected chi connectivity index (χ0v) is 22.3. The Bertz CT molecular complexity index is 1210. The molecule has 0 aliphatic rings. The molecule has 2 N–H and O–H groups in total. The Morgan fingerprint density at radius 3 is 2.28 bits per heavy atom. The SMILES string of the molecule is COCCN(CC(=O)Nc1cc(C(C)(C)C)nn1-c1cccc(C)c1)C(=O)Nc1c(C)cccc1C. The van der Waals surface area contributed by atoms with E-state index in [1.807, 2.05) is 69.3 Å². The second-order valence-corrected chi connectivity index (χ2v) is 10.1. The lowest BCUT2D eigenvalue weighted by molar-refractivity contribution is -0.116. The van der Waals surface area contributed by atoms with E-state index < -0.39 is 0 Å².